The Labute approximate surface area is 118 Å². The Morgan fingerprint density at radius 3 is 2.55 bits per heavy atom. The first-order valence-electron chi connectivity index (χ1n) is 6.49. The highest BCUT2D eigenvalue weighted by molar-refractivity contribution is 5.38. The third kappa shape index (κ3) is 3.56. The number of benzene rings is 2. The van der Waals surface area contributed by atoms with Crippen molar-refractivity contribution in [1.82, 2.24) is 0 Å². The Morgan fingerprint density at radius 1 is 1.20 bits per heavy atom. The molecule has 0 saturated carbocycles. The van der Waals surface area contributed by atoms with Crippen LogP contribution in [0.4, 0.5) is 0 Å². The monoisotopic (exact) mass is 267 g/mol. The smallest absolute Gasteiger partial charge is 0.235 e. The molecule has 2 aromatic rings. The summed E-state index contributed by atoms with van der Waals surface area (Å²) in [5.74, 6) is 0.790. The van der Waals surface area contributed by atoms with Crippen molar-refractivity contribution in [2.24, 2.45) is 4.99 Å². The van der Waals surface area contributed by atoms with Gasteiger partial charge in [0, 0.05) is 0 Å². The number of isocyanates is 1. The molecule has 0 aliphatic rings. The summed E-state index contributed by atoms with van der Waals surface area (Å²) < 4.78 is 5.13. The third-order valence-electron chi connectivity index (χ3n) is 3.22. The first kappa shape index (κ1) is 14.0. The van der Waals surface area contributed by atoms with Gasteiger partial charge in [0.2, 0.25) is 6.08 Å². The molecule has 3 heteroatoms. The maximum Gasteiger partial charge on any atom is 0.235 e. The predicted molar refractivity (Wildman–Crippen MR) is 78.7 cm³/mol. The van der Waals surface area contributed by atoms with Crippen molar-refractivity contribution in [2.75, 3.05) is 7.11 Å². The lowest BCUT2D eigenvalue weighted by atomic mass is 9.98. The van der Waals surface area contributed by atoms with Crippen molar-refractivity contribution in [1.29, 1.82) is 0 Å². The summed E-state index contributed by atoms with van der Waals surface area (Å²) in [6.07, 6.45) is 2.36. The van der Waals surface area contributed by atoms with Crippen LogP contribution < -0.4 is 4.74 Å². The van der Waals surface area contributed by atoms with Crippen LogP contribution in [-0.2, 0) is 11.2 Å². The lowest BCUT2D eigenvalue weighted by molar-refractivity contribution is 0.414. The van der Waals surface area contributed by atoms with E-state index in [2.05, 4.69) is 24.0 Å². The van der Waals surface area contributed by atoms with Gasteiger partial charge in [-0.1, -0.05) is 42.0 Å². The molecule has 0 bridgehead atoms. The van der Waals surface area contributed by atoms with Crippen molar-refractivity contribution in [3.63, 3.8) is 0 Å². The van der Waals surface area contributed by atoms with Crippen LogP contribution in [0.3, 0.4) is 0 Å². The van der Waals surface area contributed by atoms with Gasteiger partial charge < -0.3 is 4.74 Å². The van der Waals surface area contributed by atoms with Gasteiger partial charge >= 0.3 is 0 Å². The standard InChI is InChI=1S/C17H17NO2/c1-13-4-3-5-14(10-13)11-17(18-12-19)15-6-8-16(20-2)9-7-15/h3-10,17H,11H2,1-2H3. The van der Waals surface area contributed by atoms with E-state index in [4.69, 9.17) is 4.74 Å². The van der Waals surface area contributed by atoms with Gasteiger partial charge in [-0.3, -0.25) is 0 Å². The SMILES string of the molecule is COc1ccc(C(Cc2cccc(C)c2)N=C=O)cc1. The zero-order chi connectivity index (χ0) is 14.4. The molecule has 0 radical (unpaired) electrons. The number of hydrogen-bond acceptors (Lipinski definition) is 3. The number of ether oxygens (including phenoxy) is 1. The van der Waals surface area contributed by atoms with Crippen LogP contribution in [0.1, 0.15) is 22.7 Å². The van der Waals surface area contributed by atoms with E-state index in [1.165, 1.54) is 5.56 Å². The third-order valence-corrected chi connectivity index (χ3v) is 3.22. The molecule has 102 valence electrons. The molecule has 0 heterocycles. The van der Waals surface area contributed by atoms with Gasteiger partial charge in [-0.05, 0) is 36.6 Å². The van der Waals surface area contributed by atoms with Crippen LogP contribution in [0.2, 0.25) is 0 Å². The number of carbonyl (C=O) groups excluding carboxylic acids is 1. The topological polar surface area (TPSA) is 38.7 Å². The summed E-state index contributed by atoms with van der Waals surface area (Å²) in [7, 11) is 1.63. The summed E-state index contributed by atoms with van der Waals surface area (Å²) in [5.41, 5.74) is 3.34. The van der Waals surface area contributed by atoms with E-state index in [0.29, 0.717) is 6.42 Å². The van der Waals surface area contributed by atoms with Crippen molar-refractivity contribution in [3.05, 3.63) is 65.2 Å². The number of nitrogens with zero attached hydrogens (tertiary/aromatic N) is 1. The molecule has 0 N–H and O–H groups in total. The molecule has 1 atom stereocenters. The maximum atomic E-state index is 10.7. The molecule has 0 aromatic heterocycles. The minimum Gasteiger partial charge on any atom is -0.497 e. The lowest BCUT2D eigenvalue weighted by Gasteiger charge is -2.12. The average molecular weight is 267 g/mol. The molecule has 3 nitrogen and oxygen atoms in total. The molecular formula is C17H17NO2. The number of aryl methyl sites for hydroxylation is 1. The molecule has 0 aliphatic carbocycles. The van der Waals surface area contributed by atoms with Crippen molar-refractivity contribution in [3.8, 4) is 5.75 Å². The lowest BCUT2D eigenvalue weighted by Crippen LogP contribution is -2.00. The Kier molecular flexibility index (Phi) is 4.70. The molecule has 0 aliphatic heterocycles. The predicted octanol–water partition coefficient (Wildman–Crippen LogP) is 3.62. The molecule has 20 heavy (non-hydrogen) atoms. The van der Waals surface area contributed by atoms with Gasteiger partial charge in [-0.15, -0.1) is 0 Å². The van der Waals surface area contributed by atoms with Crippen LogP contribution in [0.25, 0.3) is 0 Å². The number of methoxy groups -OCH3 is 1. The van der Waals surface area contributed by atoms with E-state index >= 15 is 0 Å². The van der Waals surface area contributed by atoms with E-state index in [0.717, 1.165) is 16.9 Å². The fraction of sp³-hybridized carbons (Fsp3) is 0.235. The summed E-state index contributed by atoms with van der Waals surface area (Å²) in [4.78, 5) is 14.6. The zero-order valence-corrected chi connectivity index (χ0v) is 11.7. The second kappa shape index (κ2) is 6.69. The first-order valence-corrected chi connectivity index (χ1v) is 6.49. The highest BCUT2D eigenvalue weighted by Crippen LogP contribution is 2.24. The highest BCUT2D eigenvalue weighted by Gasteiger charge is 2.11. The van der Waals surface area contributed by atoms with E-state index in [1.54, 1.807) is 13.2 Å². The molecule has 2 aromatic carbocycles. The van der Waals surface area contributed by atoms with Gasteiger partial charge in [0.25, 0.3) is 0 Å². The summed E-state index contributed by atoms with van der Waals surface area (Å²) in [5, 5.41) is 0. The minimum absolute atomic E-state index is 0.208. The fourth-order valence-corrected chi connectivity index (χ4v) is 2.19. The quantitative estimate of drug-likeness (QED) is 0.613. The highest BCUT2D eigenvalue weighted by atomic mass is 16.5. The van der Waals surface area contributed by atoms with Crippen LogP contribution in [0, 0.1) is 6.92 Å². The normalized spacial score (nSPS) is 11.5. The molecule has 2 rings (SSSR count). The van der Waals surface area contributed by atoms with E-state index in [9.17, 15) is 4.79 Å². The Hall–Kier alpha value is -2.38. The summed E-state index contributed by atoms with van der Waals surface area (Å²) >= 11 is 0. The molecule has 0 fully saturated rings. The number of hydrogen-bond donors (Lipinski definition) is 0. The average Bonchev–Trinajstić information content (AvgIpc) is 2.47. The Balaban J connectivity index is 2.24. The van der Waals surface area contributed by atoms with Crippen LogP contribution in [0.5, 0.6) is 5.75 Å². The molecule has 0 spiro atoms. The molecule has 0 saturated heterocycles. The molecule has 0 amide bonds. The van der Waals surface area contributed by atoms with E-state index in [1.807, 2.05) is 36.4 Å². The molecular weight excluding hydrogens is 250 g/mol. The molecule has 1 unspecified atom stereocenters. The van der Waals surface area contributed by atoms with Gasteiger partial charge in [0.1, 0.15) is 5.75 Å². The van der Waals surface area contributed by atoms with Gasteiger partial charge in [-0.25, -0.2) is 4.79 Å². The fourth-order valence-electron chi connectivity index (χ4n) is 2.19. The Morgan fingerprint density at radius 2 is 1.95 bits per heavy atom. The van der Waals surface area contributed by atoms with Crippen LogP contribution in [-0.4, -0.2) is 13.2 Å². The minimum atomic E-state index is -0.208. The van der Waals surface area contributed by atoms with Crippen molar-refractivity contribution >= 4 is 6.08 Å². The Bertz CT molecular complexity index is 613. The second-order valence-electron chi connectivity index (χ2n) is 4.70. The van der Waals surface area contributed by atoms with Gasteiger partial charge in [-0.2, -0.15) is 4.99 Å². The van der Waals surface area contributed by atoms with Gasteiger partial charge in [0.15, 0.2) is 0 Å². The van der Waals surface area contributed by atoms with Crippen molar-refractivity contribution < 1.29 is 9.53 Å². The number of aliphatic imine (C=N–C) groups is 1. The van der Waals surface area contributed by atoms with Crippen LogP contribution >= 0.6 is 0 Å². The number of rotatable bonds is 5. The summed E-state index contributed by atoms with van der Waals surface area (Å²) in [6.45, 7) is 2.05. The zero-order valence-electron chi connectivity index (χ0n) is 11.7. The maximum absolute atomic E-state index is 10.7. The largest absolute Gasteiger partial charge is 0.497 e. The van der Waals surface area contributed by atoms with Crippen molar-refractivity contribution in [2.45, 2.75) is 19.4 Å². The van der Waals surface area contributed by atoms with Crippen LogP contribution in [0.15, 0.2) is 53.5 Å². The van der Waals surface area contributed by atoms with Gasteiger partial charge in [0.05, 0.1) is 13.2 Å². The van der Waals surface area contributed by atoms with E-state index in [-0.39, 0.29) is 6.04 Å². The second-order valence-corrected chi connectivity index (χ2v) is 4.70. The first-order chi connectivity index (χ1) is 9.72. The summed E-state index contributed by atoms with van der Waals surface area (Å²) in [6, 6.07) is 15.6. The van der Waals surface area contributed by atoms with E-state index < -0.39 is 0 Å².